The third-order valence-electron chi connectivity index (χ3n) is 2.88. The molecule has 1 amide bonds. The topological polar surface area (TPSA) is 75.6 Å². The largest absolute Gasteiger partial charge is 0.494 e. The van der Waals surface area contributed by atoms with E-state index in [-0.39, 0.29) is 12.3 Å². The van der Waals surface area contributed by atoms with Gasteiger partial charge >= 0.3 is 5.97 Å². The fourth-order valence-electron chi connectivity index (χ4n) is 1.66. The molecule has 0 aromatic heterocycles. The van der Waals surface area contributed by atoms with E-state index in [4.69, 9.17) is 9.84 Å². The molecule has 1 aromatic carbocycles. The SMILES string of the molecule is CC[C@H](NC(=O)CCCOc1ccc(C)cc1)C(=O)O. The van der Waals surface area contributed by atoms with E-state index in [1.165, 1.54) is 0 Å². The highest BCUT2D eigenvalue weighted by atomic mass is 16.5. The van der Waals surface area contributed by atoms with E-state index in [9.17, 15) is 9.59 Å². The van der Waals surface area contributed by atoms with Gasteiger partial charge in [0.05, 0.1) is 6.61 Å². The Morgan fingerprint density at radius 1 is 1.30 bits per heavy atom. The summed E-state index contributed by atoms with van der Waals surface area (Å²) in [4.78, 5) is 22.3. The molecule has 0 saturated heterocycles. The number of ether oxygens (including phenoxy) is 1. The molecule has 110 valence electrons. The van der Waals surface area contributed by atoms with Crippen molar-refractivity contribution in [2.75, 3.05) is 6.61 Å². The maximum Gasteiger partial charge on any atom is 0.326 e. The number of carbonyl (C=O) groups excluding carboxylic acids is 1. The highest BCUT2D eigenvalue weighted by molar-refractivity contribution is 5.83. The van der Waals surface area contributed by atoms with Crippen molar-refractivity contribution in [1.29, 1.82) is 0 Å². The Balaban J connectivity index is 2.22. The first kappa shape index (κ1) is 16.0. The summed E-state index contributed by atoms with van der Waals surface area (Å²) in [5.74, 6) is -0.489. The van der Waals surface area contributed by atoms with Crippen molar-refractivity contribution in [1.82, 2.24) is 5.32 Å². The van der Waals surface area contributed by atoms with E-state index in [0.717, 1.165) is 11.3 Å². The molecule has 2 N–H and O–H groups in total. The Hall–Kier alpha value is -2.04. The van der Waals surface area contributed by atoms with E-state index in [2.05, 4.69) is 5.32 Å². The molecule has 0 aliphatic heterocycles. The van der Waals surface area contributed by atoms with Gasteiger partial charge in [-0.15, -0.1) is 0 Å². The summed E-state index contributed by atoms with van der Waals surface area (Å²) in [5.41, 5.74) is 1.16. The zero-order chi connectivity index (χ0) is 15.0. The second-order valence-corrected chi connectivity index (χ2v) is 4.63. The second-order valence-electron chi connectivity index (χ2n) is 4.63. The predicted molar refractivity (Wildman–Crippen MR) is 75.8 cm³/mol. The number of aryl methyl sites for hydroxylation is 1. The maximum absolute atomic E-state index is 11.5. The van der Waals surface area contributed by atoms with Gasteiger partial charge in [0.25, 0.3) is 0 Å². The summed E-state index contributed by atoms with van der Waals surface area (Å²) in [6, 6.07) is 6.88. The first-order valence-electron chi connectivity index (χ1n) is 6.74. The molecule has 1 rings (SSSR count). The quantitative estimate of drug-likeness (QED) is 0.715. The molecule has 0 saturated carbocycles. The van der Waals surface area contributed by atoms with E-state index in [1.807, 2.05) is 31.2 Å². The van der Waals surface area contributed by atoms with Gasteiger partial charge in [0, 0.05) is 6.42 Å². The molecule has 0 bridgehead atoms. The summed E-state index contributed by atoms with van der Waals surface area (Å²) in [6.07, 6.45) is 1.19. The lowest BCUT2D eigenvalue weighted by molar-refractivity contribution is -0.141. The molecule has 0 spiro atoms. The Labute approximate surface area is 118 Å². The number of amides is 1. The van der Waals surface area contributed by atoms with Crippen LogP contribution in [0.1, 0.15) is 31.7 Å². The highest BCUT2D eigenvalue weighted by Gasteiger charge is 2.16. The van der Waals surface area contributed by atoms with Crippen LogP contribution in [0.5, 0.6) is 5.75 Å². The number of rotatable bonds is 8. The number of carbonyl (C=O) groups is 2. The van der Waals surface area contributed by atoms with Gasteiger partial charge in [-0.05, 0) is 31.9 Å². The van der Waals surface area contributed by atoms with Gasteiger partial charge in [0.1, 0.15) is 11.8 Å². The lowest BCUT2D eigenvalue weighted by Gasteiger charge is -2.12. The Bertz CT molecular complexity index is 442. The van der Waals surface area contributed by atoms with E-state index >= 15 is 0 Å². The summed E-state index contributed by atoms with van der Waals surface area (Å²) in [7, 11) is 0. The van der Waals surface area contributed by atoms with E-state index < -0.39 is 12.0 Å². The van der Waals surface area contributed by atoms with Crippen molar-refractivity contribution in [2.45, 2.75) is 39.2 Å². The van der Waals surface area contributed by atoms with Crippen molar-refractivity contribution < 1.29 is 19.4 Å². The lowest BCUT2D eigenvalue weighted by Crippen LogP contribution is -2.40. The van der Waals surface area contributed by atoms with Gasteiger partial charge in [-0.3, -0.25) is 4.79 Å². The van der Waals surface area contributed by atoms with Crippen LogP contribution in [0.3, 0.4) is 0 Å². The zero-order valence-electron chi connectivity index (χ0n) is 11.9. The van der Waals surface area contributed by atoms with Crippen molar-refractivity contribution in [3.63, 3.8) is 0 Å². The van der Waals surface area contributed by atoms with Gasteiger partial charge in [-0.1, -0.05) is 24.6 Å². The average molecular weight is 279 g/mol. The third kappa shape index (κ3) is 5.73. The van der Waals surface area contributed by atoms with Crippen LogP contribution in [0.15, 0.2) is 24.3 Å². The minimum absolute atomic E-state index is 0.258. The van der Waals surface area contributed by atoms with Gasteiger partial charge < -0.3 is 15.2 Å². The normalized spacial score (nSPS) is 11.7. The van der Waals surface area contributed by atoms with Gasteiger partial charge in [0.15, 0.2) is 0 Å². The van der Waals surface area contributed by atoms with Crippen LogP contribution in [0, 0.1) is 6.92 Å². The Kier molecular flexibility index (Phi) is 6.56. The summed E-state index contributed by atoms with van der Waals surface area (Å²) in [5, 5.41) is 11.3. The van der Waals surface area contributed by atoms with Crippen LogP contribution < -0.4 is 10.1 Å². The molecule has 0 radical (unpaired) electrons. The van der Waals surface area contributed by atoms with Crippen LogP contribution in [0.2, 0.25) is 0 Å². The number of carboxylic acids is 1. The molecular weight excluding hydrogens is 258 g/mol. The van der Waals surface area contributed by atoms with E-state index in [0.29, 0.717) is 19.4 Å². The van der Waals surface area contributed by atoms with Crippen molar-refractivity contribution in [3.8, 4) is 5.75 Å². The van der Waals surface area contributed by atoms with Crippen molar-refractivity contribution in [3.05, 3.63) is 29.8 Å². The van der Waals surface area contributed by atoms with Gasteiger partial charge in [0.2, 0.25) is 5.91 Å². The first-order chi connectivity index (χ1) is 9.52. The molecule has 0 aliphatic rings. The smallest absolute Gasteiger partial charge is 0.326 e. The third-order valence-corrected chi connectivity index (χ3v) is 2.88. The maximum atomic E-state index is 11.5. The number of hydrogen-bond acceptors (Lipinski definition) is 3. The monoisotopic (exact) mass is 279 g/mol. The fourth-order valence-corrected chi connectivity index (χ4v) is 1.66. The molecular formula is C15H21NO4. The van der Waals surface area contributed by atoms with E-state index in [1.54, 1.807) is 6.92 Å². The number of aliphatic carboxylic acids is 1. The second kappa shape index (κ2) is 8.19. The van der Waals surface area contributed by atoms with Crippen LogP contribution in [0.4, 0.5) is 0 Å². The predicted octanol–water partition coefficient (Wildman–Crippen LogP) is 2.13. The van der Waals surface area contributed by atoms with Crippen LogP contribution in [-0.2, 0) is 9.59 Å². The van der Waals surface area contributed by atoms with Crippen LogP contribution in [0.25, 0.3) is 0 Å². The lowest BCUT2D eigenvalue weighted by atomic mass is 10.2. The van der Waals surface area contributed by atoms with Gasteiger partial charge in [-0.25, -0.2) is 4.79 Å². The summed E-state index contributed by atoms with van der Waals surface area (Å²) in [6.45, 7) is 4.15. The molecule has 1 aromatic rings. The average Bonchev–Trinajstić information content (AvgIpc) is 2.42. The Morgan fingerprint density at radius 3 is 2.50 bits per heavy atom. The van der Waals surface area contributed by atoms with Crippen LogP contribution in [-0.4, -0.2) is 29.6 Å². The Morgan fingerprint density at radius 2 is 1.95 bits per heavy atom. The molecule has 0 aliphatic carbocycles. The standard InChI is InChI=1S/C15H21NO4/c1-3-13(15(18)19)16-14(17)5-4-10-20-12-8-6-11(2)7-9-12/h6-9,13H,3-5,10H2,1-2H3,(H,16,17)(H,18,19)/t13-/m0/s1. The number of nitrogens with one attached hydrogen (secondary N) is 1. The molecule has 5 heteroatoms. The summed E-state index contributed by atoms with van der Waals surface area (Å²) < 4.78 is 5.49. The molecule has 5 nitrogen and oxygen atoms in total. The molecule has 1 atom stereocenters. The van der Waals surface area contributed by atoms with Crippen LogP contribution >= 0.6 is 0 Å². The first-order valence-corrected chi connectivity index (χ1v) is 6.74. The fraction of sp³-hybridized carbons (Fsp3) is 0.467. The number of benzene rings is 1. The molecule has 0 heterocycles. The van der Waals surface area contributed by atoms with Crippen molar-refractivity contribution in [2.24, 2.45) is 0 Å². The number of carboxylic acid groups (broad SMARTS) is 1. The molecule has 20 heavy (non-hydrogen) atoms. The van der Waals surface area contributed by atoms with Crippen molar-refractivity contribution >= 4 is 11.9 Å². The van der Waals surface area contributed by atoms with Gasteiger partial charge in [-0.2, -0.15) is 0 Å². The minimum Gasteiger partial charge on any atom is -0.494 e. The summed E-state index contributed by atoms with van der Waals surface area (Å²) >= 11 is 0. The highest BCUT2D eigenvalue weighted by Crippen LogP contribution is 2.11. The number of hydrogen-bond donors (Lipinski definition) is 2. The zero-order valence-corrected chi connectivity index (χ0v) is 11.9. The molecule has 0 fully saturated rings. The minimum atomic E-state index is -1.00. The molecule has 0 unspecified atom stereocenters.